The summed E-state index contributed by atoms with van der Waals surface area (Å²) < 4.78 is 0. The number of anilines is 2. The van der Waals surface area contributed by atoms with E-state index in [1.165, 1.54) is 0 Å². The van der Waals surface area contributed by atoms with E-state index in [9.17, 15) is 9.59 Å². The molecule has 100 valence electrons. The van der Waals surface area contributed by atoms with Gasteiger partial charge in [-0.05, 0) is 43.0 Å². The highest BCUT2D eigenvalue weighted by Gasteiger charge is 2.36. The van der Waals surface area contributed by atoms with E-state index in [4.69, 9.17) is 5.73 Å². The van der Waals surface area contributed by atoms with Gasteiger partial charge < -0.3 is 16.0 Å². The summed E-state index contributed by atoms with van der Waals surface area (Å²) >= 11 is 0. The molecule has 3 rings (SSSR count). The molecule has 1 fully saturated rings. The van der Waals surface area contributed by atoms with Crippen LogP contribution in [0.2, 0.25) is 0 Å². The Morgan fingerprint density at radius 1 is 1.37 bits per heavy atom. The Morgan fingerprint density at radius 2 is 2.16 bits per heavy atom. The van der Waals surface area contributed by atoms with Gasteiger partial charge in [-0.2, -0.15) is 0 Å². The van der Waals surface area contributed by atoms with Crippen molar-refractivity contribution in [2.45, 2.75) is 19.3 Å². The molecule has 1 aliphatic carbocycles. The molecule has 1 aliphatic heterocycles. The molecule has 0 spiro atoms. The molecule has 0 unspecified atom stereocenters. The van der Waals surface area contributed by atoms with Crippen molar-refractivity contribution in [2.24, 2.45) is 11.7 Å². The van der Waals surface area contributed by atoms with Gasteiger partial charge in [0.25, 0.3) is 0 Å². The van der Waals surface area contributed by atoms with Gasteiger partial charge in [-0.15, -0.1) is 0 Å². The van der Waals surface area contributed by atoms with E-state index in [0.29, 0.717) is 0 Å². The topological polar surface area (TPSA) is 75.4 Å². The molecule has 19 heavy (non-hydrogen) atoms. The number of nitrogens with two attached hydrogens (primary N) is 1. The van der Waals surface area contributed by atoms with E-state index < -0.39 is 0 Å². The fourth-order valence-electron chi connectivity index (χ4n) is 2.47. The van der Waals surface area contributed by atoms with E-state index in [-0.39, 0.29) is 24.3 Å². The zero-order valence-corrected chi connectivity index (χ0v) is 10.7. The van der Waals surface area contributed by atoms with Crippen molar-refractivity contribution >= 4 is 23.2 Å². The Kier molecular flexibility index (Phi) is 2.98. The second-order valence-electron chi connectivity index (χ2n) is 5.11. The van der Waals surface area contributed by atoms with Crippen LogP contribution in [0.1, 0.15) is 18.4 Å². The Morgan fingerprint density at radius 3 is 2.84 bits per heavy atom. The van der Waals surface area contributed by atoms with Crippen LogP contribution in [0.3, 0.4) is 0 Å². The summed E-state index contributed by atoms with van der Waals surface area (Å²) in [5, 5.41) is 2.73. The Balaban J connectivity index is 1.79. The van der Waals surface area contributed by atoms with Crippen LogP contribution in [-0.2, 0) is 16.0 Å². The summed E-state index contributed by atoms with van der Waals surface area (Å²) in [6.07, 6.45) is 2.89. The number of nitrogens with one attached hydrogen (secondary N) is 1. The van der Waals surface area contributed by atoms with Crippen molar-refractivity contribution in [1.29, 1.82) is 0 Å². The third kappa shape index (κ3) is 2.33. The summed E-state index contributed by atoms with van der Waals surface area (Å²) in [5.41, 5.74) is 8.12. The van der Waals surface area contributed by atoms with E-state index in [2.05, 4.69) is 5.32 Å². The molecule has 1 saturated carbocycles. The lowest BCUT2D eigenvalue weighted by Crippen LogP contribution is -2.30. The highest BCUT2D eigenvalue weighted by Crippen LogP contribution is 2.37. The van der Waals surface area contributed by atoms with Gasteiger partial charge in [0, 0.05) is 23.8 Å². The summed E-state index contributed by atoms with van der Waals surface area (Å²) in [6, 6.07) is 5.67. The van der Waals surface area contributed by atoms with Crippen molar-refractivity contribution in [3.63, 3.8) is 0 Å². The zero-order valence-electron chi connectivity index (χ0n) is 10.7. The number of rotatable bonds is 3. The van der Waals surface area contributed by atoms with Crippen molar-refractivity contribution in [1.82, 2.24) is 0 Å². The third-order valence-electron chi connectivity index (χ3n) is 3.64. The molecule has 1 aromatic carbocycles. The highest BCUT2D eigenvalue weighted by atomic mass is 16.2. The molecule has 5 heteroatoms. The zero-order chi connectivity index (χ0) is 13.4. The van der Waals surface area contributed by atoms with Crippen LogP contribution in [0, 0.1) is 5.92 Å². The van der Waals surface area contributed by atoms with Crippen LogP contribution in [0.15, 0.2) is 18.2 Å². The number of fused-ring (bicyclic) bond motifs is 1. The maximum atomic E-state index is 12.1. The number of nitrogens with zero attached hydrogens (tertiary/aromatic N) is 1. The first-order chi connectivity index (χ1) is 9.19. The number of carbonyl (C=O) groups is 2. The monoisotopic (exact) mass is 259 g/mol. The van der Waals surface area contributed by atoms with Gasteiger partial charge in [0.05, 0.1) is 6.54 Å². The fourth-order valence-corrected chi connectivity index (χ4v) is 2.47. The third-order valence-corrected chi connectivity index (χ3v) is 3.64. The van der Waals surface area contributed by atoms with Gasteiger partial charge >= 0.3 is 0 Å². The maximum absolute atomic E-state index is 12.1. The molecule has 1 aromatic rings. The van der Waals surface area contributed by atoms with Crippen LogP contribution in [0.4, 0.5) is 11.4 Å². The molecule has 2 aliphatic rings. The first-order valence-corrected chi connectivity index (χ1v) is 6.63. The summed E-state index contributed by atoms with van der Waals surface area (Å²) in [4.78, 5) is 25.2. The Labute approximate surface area is 111 Å². The molecule has 1 heterocycles. The molecule has 0 aromatic heterocycles. The van der Waals surface area contributed by atoms with Crippen LogP contribution < -0.4 is 16.0 Å². The Hall–Kier alpha value is -1.88. The minimum atomic E-state index is -0.205. The van der Waals surface area contributed by atoms with Gasteiger partial charge in [-0.25, -0.2) is 0 Å². The minimum Gasteiger partial charge on any atom is -0.325 e. The molecule has 0 radical (unpaired) electrons. The lowest BCUT2D eigenvalue weighted by atomic mass is 10.1. The van der Waals surface area contributed by atoms with Crippen molar-refractivity contribution in [3.05, 3.63) is 23.8 Å². The normalized spacial score (nSPS) is 17.2. The van der Waals surface area contributed by atoms with Gasteiger partial charge in [0.2, 0.25) is 11.8 Å². The quantitative estimate of drug-likeness (QED) is 0.846. The van der Waals surface area contributed by atoms with Crippen molar-refractivity contribution in [2.75, 3.05) is 23.3 Å². The smallest absolute Gasteiger partial charge is 0.238 e. The molecule has 0 bridgehead atoms. The minimum absolute atomic E-state index is 0.0244. The second kappa shape index (κ2) is 4.66. The first-order valence-electron chi connectivity index (χ1n) is 6.63. The molecule has 0 atom stereocenters. The molecule has 5 nitrogen and oxygen atoms in total. The average molecular weight is 259 g/mol. The van der Waals surface area contributed by atoms with Crippen LogP contribution in [0.5, 0.6) is 0 Å². The van der Waals surface area contributed by atoms with Crippen molar-refractivity contribution in [3.8, 4) is 0 Å². The van der Waals surface area contributed by atoms with E-state index in [1.807, 2.05) is 23.1 Å². The van der Waals surface area contributed by atoms with Gasteiger partial charge in [-0.3, -0.25) is 9.59 Å². The lowest BCUT2D eigenvalue weighted by molar-refractivity contribution is -0.119. The van der Waals surface area contributed by atoms with Gasteiger partial charge in [0.1, 0.15) is 0 Å². The predicted molar refractivity (Wildman–Crippen MR) is 72.9 cm³/mol. The average Bonchev–Trinajstić information content (AvgIpc) is 3.18. The first kappa shape index (κ1) is 12.2. The highest BCUT2D eigenvalue weighted by molar-refractivity contribution is 5.99. The molecular weight excluding hydrogens is 242 g/mol. The number of hydrogen-bond acceptors (Lipinski definition) is 3. The number of carbonyl (C=O) groups excluding carboxylic acids is 2. The number of hydrogen-bond donors (Lipinski definition) is 2. The summed E-state index contributed by atoms with van der Waals surface area (Å²) in [7, 11) is 0. The summed E-state index contributed by atoms with van der Waals surface area (Å²) in [6.45, 7) is 0.725. The largest absolute Gasteiger partial charge is 0.325 e. The molecule has 3 N–H and O–H groups in total. The lowest BCUT2D eigenvalue weighted by Gasteiger charge is -2.17. The van der Waals surface area contributed by atoms with Crippen LogP contribution in [-0.4, -0.2) is 24.9 Å². The summed E-state index contributed by atoms with van der Waals surface area (Å²) in [5.74, 6) is 0.281. The second-order valence-corrected chi connectivity index (χ2v) is 5.11. The van der Waals surface area contributed by atoms with Crippen LogP contribution >= 0.6 is 0 Å². The van der Waals surface area contributed by atoms with Gasteiger partial charge in [-0.1, -0.05) is 0 Å². The molecule has 0 saturated heterocycles. The number of benzene rings is 1. The fraction of sp³-hybridized carbons (Fsp3) is 0.429. The molecular formula is C14H17N3O2. The van der Waals surface area contributed by atoms with E-state index in [1.54, 1.807) is 0 Å². The Bertz CT molecular complexity index is 537. The van der Waals surface area contributed by atoms with Gasteiger partial charge in [0.15, 0.2) is 0 Å². The maximum Gasteiger partial charge on any atom is 0.238 e. The number of amides is 2. The van der Waals surface area contributed by atoms with E-state index >= 15 is 0 Å². The van der Waals surface area contributed by atoms with E-state index in [0.717, 1.165) is 42.7 Å². The predicted octanol–water partition coefficient (Wildman–Crippen LogP) is 0.883. The SMILES string of the molecule is NCC(=O)Nc1ccc2c(c1)CCN2C(=O)C1CC1. The van der Waals surface area contributed by atoms with Crippen molar-refractivity contribution < 1.29 is 9.59 Å². The standard InChI is InChI=1S/C14H17N3O2/c15-8-13(18)16-11-3-4-12-10(7-11)5-6-17(12)14(19)9-1-2-9/h3-4,7,9H,1-2,5-6,8,15H2,(H,16,18). The van der Waals surface area contributed by atoms with Crippen LogP contribution in [0.25, 0.3) is 0 Å². The molecule has 2 amide bonds.